The summed E-state index contributed by atoms with van der Waals surface area (Å²) in [5.41, 5.74) is 2.80. The van der Waals surface area contributed by atoms with Crippen LogP contribution in [0.2, 0.25) is 0 Å². The number of nitriles is 1. The van der Waals surface area contributed by atoms with Gasteiger partial charge in [0.05, 0.1) is 30.5 Å². The lowest BCUT2D eigenvalue weighted by Crippen LogP contribution is -2.36. The fraction of sp³-hybridized carbons (Fsp3) is 0.440. The fourth-order valence-electron chi connectivity index (χ4n) is 5.13. The highest BCUT2D eigenvalue weighted by Crippen LogP contribution is 2.51. The van der Waals surface area contributed by atoms with E-state index in [-0.39, 0.29) is 11.7 Å². The van der Waals surface area contributed by atoms with Crippen LogP contribution < -0.4 is 10.2 Å². The van der Waals surface area contributed by atoms with E-state index in [0.717, 1.165) is 19.6 Å². The third-order valence-electron chi connectivity index (χ3n) is 7.00. The van der Waals surface area contributed by atoms with Gasteiger partial charge in [-0.1, -0.05) is 12.1 Å². The standard InChI is InChI=1S/C25H27FN4O2/c26-23-11-19(5-6-24(23)30-7-9-32-10-8-30)25(31)28-13-20-21-15-29(16-22(20)21)14-18-3-1-17(12-27)2-4-18/h1-6,11,20-22H,7-10,13-16H2,(H,28,31). The number of carbonyl (C=O) groups is 1. The molecule has 32 heavy (non-hydrogen) atoms. The predicted octanol–water partition coefficient (Wildman–Crippen LogP) is 2.64. The van der Waals surface area contributed by atoms with Gasteiger partial charge in [0.25, 0.3) is 5.91 Å². The number of halogens is 1. The number of likely N-dealkylation sites (tertiary alicyclic amines) is 1. The van der Waals surface area contributed by atoms with E-state index < -0.39 is 0 Å². The van der Waals surface area contributed by atoms with Crippen LogP contribution >= 0.6 is 0 Å². The molecule has 1 amide bonds. The molecular formula is C25H27FN4O2. The highest BCUT2D eigenvalue weighted by molar-refractivity contribution is 5.94. The number of piperidine rings is 1. The summed E-state index contributed by atoms with van der Waals surface area (Å²) in [5.74, 6) is 1.18. The molecule has 1 saturated carbocycles. The quantitative estimate of drug-likeness (QED) is 0.757. The molecule has 7 heteroatoms. The van der Waals surface area contributed by atoms with Crippen molar-refractivity contribution in [2.24, 2.45) is 17.8 Å². The molecule has 3 fully saturated rings. The van der Waals surface area contributed by atoms with Crippen LogP contribution in [0.1, 0.15) is 21.5 Å². The maximum atomic E-state index is 14.6. The number of morpholine rings is 1. The Hall–Kier alpha value is -2.95. The molecule has 3 aliphatic rings. The lowest BCUT2D eigenvalue weighted by molar-refractivity contribution is 0.0948. The molecule has 166 valence electrons. The van der Waals surface area contributed by atoms with Crippen LogP contribution in [0.25, 0.3) is 0 Å². The minimum Gasteiger partial charge on any atom is -0.378 e. The second kappa shape index (κ2) is 8.89. The topological polar surface area (TPSA) is 68.6 Å². The zero-order valence-electron chi connectivity index (χ0n) is 18.0. The Morgan fingerprint density at radius 2 is 1.84 bits per heavy atom. The summed E-state index contributed by atoms with van der Waals surface area (Å²) in [5, 5.41) is 11.9. The molecule has 2 saturated heterocycles. The molecule has 0 bridgehead atoms. The third kappa shape index (κ3) is 4.34. The summed E-state index contributed by atoms with van der Waals surface area (Å²) >= 11 is 0. The van der Waals surface area contributed by atoms with E-state index in [4.69, 9.17) is 10.00 Å². The number of benzene rings is 2. The van der Waals surface area contributed by atoms with Crippen molar-refractivity contribution in [2.45, 2.75) is 6.54 Å². The first-order valence-electron chi connectivity index (χ1n) is 11.2. The van der Waals surface area contributed by atoms with Gasteiger partial charge in [-0.25, -0.2) is 4.39 Å². The number of amides is 1. The zero-order valence-corrected chi connectivity index (χ0v) is 18.0. The molecule has 6 nitrogen and oxygen atoms in total. The van der Waals surface area contributed by atoms with Gasteiger partial charge in [0.2, 0.25) is 0 Å². The molecule has 0 spiro atoms. The average Bonchev–Trinajstić information content (AvgIpc) is 3.28. The van der Waals surface area contributed by atoms with Crippen LogP contribution in [0.5, 0.6) is 0 Å². The Kier molecular flexibility index (Phi) is 5.81. The molecule has 2 unspecified atom stereocenters. The van der Waals surface area contributed by atoms with Crippen LogP contribution in [-0.2, 0) is 11.3 Å². The molecule has 2 heterocycles. The summed E-state index contributed by atoms with van der Waals surface area (Å²) in [6.45, 7) is 6.12. The van der Waals surface area contributed by atoms with Crippen LogP contribution in [0, 0.1) is 34.9 Å². The Morgan fingerprint density at radius 1 is 1.12 bits per heavy atom. The Bertz CT molecular complexity index is 1020. The lowest BCUT2D eigenvalue weighted by atomic mass is 10.1. The number of fused-ring (bicyclic) bond motifs is 1. The molecular weight excluding hydrogens is 407 g/mol. The molecule has 2 aromatic rings. The largest absolute Gasteiger partial charge is 0.378 e. The minimum atomic E-state index is -0.360. The number of hydrogen-bond donors (Lipinski definition) is 1. The molecule has 1 N–H and O–H groups in total. The zero-order chi connectivity index (χ0) is 22.1. The van der Waals surface area contributed by atoms with Gasteiger partial charge in [-0.2, -0.15) is 5.26 Å². The van der Waals surface area contributed by atoms with E-state index in [1.807, 2.05) is 29.2 Å². The molecule has 0 radical (unpaired) electrons. The van der Waals surface area contributed by atoms with E-state index in [1.54, 1.807) is 12.1 Å². The monoisotopic (exact) mass is 434 g/mol. The van der Waals surface area contributed by atoms with Gasteiger partial charge in [-0.15, -0.1) is 0 Å². The second-order valence-corrected chi connectivity index (χ2v) is 8.97. The Morgan fingerprint density at radius 3 is 2.50 bits per heavy atom. The molecule has 2 aromatic carbocycles. The van der Waals surface area contributed by atoms with Crippen molar-refractivity contribution in [3.8, 4) is 6.07 Å². The predicted molar refractivity (Wildman–Crippen MR) is 119 cm³/mol. The number of anilines is 1. The Labute approximate surface area is 187 Å². The minimum absolute atomic E-state index is 0.211. The number of hydrogen-bond acceptors (Lipinski definition) is 5. The first-order chi connectivity index (χ1) is 15.6. The summed E-state index contributed by atoms with van der Waals surface area (Å²) < 4.78 is 19.9. The van der Waals surface area contributed by atoms with Gasteiger partial charge < -0.3 is 15.0 Å². The van der Waals surface area contributed by atoms with Gasteiger partial charge in [0.15, 0.2) is 0 Å². The average molecular weight is 435 g/mol. The SMILES string of the molecule is N#Cc1ccc(CN2CC3C(CNC(=O)c4ccc(N5CCOCC5)c(F)c4)C3C2)cc1. The number of ether oxygens (including phenoxy) is 1. The van der Waals surface area contributed by atoms with Crippen molar-refractivity contribution in [1.82, 2.24) is 10.2 Å². The van der Waals surface area contributed by atoms with Crippen LogP contribution in [-0.4, -0.2) is 56.7 Å². The second-order valence-electron chi connectivity index (χ2n) is 8.97. The summed E-state index contributed by atoms with van der Waals surface area (Å²) in [7, 11) is 0. The van der Waals surface area contributed by atoms with Gasteiger partial charge in [-0.3, -0.25) is 9.69 Å². The lowest BCUT2D eigenvalue weighted by Gasteiger charge is -2.29. The van der Waals surface area contributed by atoms with Crippen LogP contribution in [0.15, 0.2) is 42.5 Å². The van der Waals surface area contributed by atoms with E-state index in [2.05, 4.69) is 16.3 Å². The number of nitrogens with zero attached hydrogens (tertiary/aromatic N) is 3. The van der Waals surface area contributed by atoms with Crippen molar-refractivity contribution >= 4 is 11.6 Å². The van der Waals surface area contributed by atoms with E-state index >= 15 is 0 Å². The first kappa shape index (κ1) is 20.9. The van der Waals surface area contributed by atoms with Crippen molar-refractivity contribution in [1.29, 1.82) is 5.26 Å². The van der Waals surface area contributed by atoms with E-state index in [1.165, 1.54) is 11.6 Å². The van der Waals surface area contributed by atoms with Crippen LogP contribution in [0.4, 0.5) is 10.1 Å². The van der Waals surface area contributed by atoms with Crippen molar-refractivity contribution in [2.75, 3.05) is 50.8 Å². The van der Waals surface area contributed by atoms with E-state index in [9.17, 15) is 9.18 Å². The number of rotatable bonds is 6. The highest BCUT2D eigenvalue weighted by atomic mass is 19.1. The Balaban J connectivity index is 1.08. The maximum absolute atomic E-state index is 14.6. The van der Waals surface area contributed by atoms with Gasteiger partial charge in [0.1, 0.15) is 5.82 Å². The molecule has 1 aliphatic carbocycles. The smallest absolute Gasteiger partial charge is 0.251 e. The molecule has 0 aromatic heterocycles. The number of carbonyl (C=O) groups excluding carboxylic acids is 1. The number of nitrogens with one attached hydrogen (secondary N) is 1. The normalized spacial score (nSPS) is 24.6. The van der Waals surface area contributed by atoms with E-state index in [0.29, 0.717) is 67.4 Å². The van der Waals surface area contributed by atoms with Gasteiger partial charge in [-0.05, 0) is 53.6 Å². The van der Waals surface area contributed by atoms with Gasteiger partial charge >= 0.3 is 0 Å². The van der Waals surface area contributed by atoms with Crippen molar-refractivity contribution in [3.05, 3.63) is 65.0 Å². The maximum Gasteiger partial charge on any atom is 0.251 e. The van der Waals surface area contributed by atoms with Crippen molar-refractivity contribution < 1.29 is 13.9 Å². The summed E-state index contributed by atoms with van der Waals surface area (Å²) in [4.78, 5) is 16.9. The third-order valence-corrected chi connectivity index (χ3v) is 7.00. The summed E-state index contributed by atoms with van der Waals surface area (Å²) in [6.07, 6.45) is 0. The molecule has 5 rings (SSSR count). The van der Waals surface area contributed by atoms with Crippen molar-refractivity contribution in [3.63, 3.8) is 0 Å². The molecule has 2 atom stereocenters. The highest BCUT2D eigenvalue weighted by Gasteiger charge is 2.55. The van der Waals surface area contributed by atoms with Crippen LogP contribution in [0.3, 0.4) is 0 Å². The van der Waals surface area contributed by atoms with Gasteiger partial charge in [0, 0.05) is 44.8 Å². The summed E-state index contributed by atoms with van der Waals surface area (Å²) in [6, 6.07) is 14.6. The fourth-order valence-corrected chi connectivity index (χ4v) is 5.13. The molecule has 2 aliphatic heterocycles. The first-order valence-corrected chi connectivity index (χ1v) is 11.2.